The van der Waals surface area contributed by atoms with E-state index in [-0.39, 0.29) is 5.91 Å². The number of hydrogen-bond acceptors (Lipinski definition) is 2. The maximum Gasteiger partial charge on any atom is 0.253 e. The molecule has 0 spiro atoms. The number of piperidine rings is 1. The van der Waals surface area contributed by atoms with Gasteiger partial charge in [-0.2, -0.15) is 0 Å². The minimum atomic E-state index is 0.0679. The molecular formula is C24H30N2O. The normalized spacial score (nSPS) is 24.4. The maximum atomic E-state index is 12.2. The van der Waals surface area contributed by atoms with Gasteiger partial charge in [-0.15, -0.1) is 0 Å². The first kappa shape index (κ1) is 18.2. The van der Waals surface area contributed by atoms with E-state index in [1.165, 1.54) is 36.2 Å². The van der Waals surface area contributed by atoms with E-state index in [1.54, 1.807) is 24.6 Å². The number of benzene rings is 2. The Morgan fingerprint density at radius 1 is 1.11 bits per heavy atom. The van der Waals surface area contributed by atoms with Crippen molar-refractivity contribution >= 4 is 5.91 Å². The summed E-state index contributed by atoms with van der Waals surface area (Å²) in [5.41, 5.74) is 6.51. The van der Waals surface area contributed by atoms with Gasteiger partial charge in [0, 0.05) is 38.0 Å². The van der Waals surface area contributed by atoms with Crippen LogP contribution in [0.15, 0.2) is 42.5 Å². The van der Waals surface area contributed by atoms with Gasteiger partial charge in [-0.3, -0.25) is 4.79 Å². The highest BCUT2D eigenvalue weighted by Gasteiger charge is 2.43. The quantitative estimate of drug-likeness (QED) is 0.814. The van der Waals surface area contributed by atoms with Gasteiger partial charge in [0.1, 0.15) is 0 Å². The van der Waals surface area contributed by atoms with Gasteiger partial charge >= 0.3 is 0 Å². The highest BCUT2D eigenvalue weighted by Crippen LogP contribution is 2.53. The van der Waals surface area contributed by atoms with Crippen LogP contribution in [-0.2, 0) is 0 Å². The van der Waals surface area contributed by atoms with Crippen LogP contribution in [-0.4, -0.2) is 49.4 Å². The van der Waals surface area contributed by atoms with Gasteiger partial charge in [0.05, 0.1) is 0 Å². The third kappa shape index (κ3) is 3.19. The summed E-state index contributed by atoms with van der Waals surface area (Å²) in [6.07, 6.45) is 1.25. The summed E-state index contributed by atoms with van der Waals surface area (Å²) in [5.74, 6) is 1.81. The predicted molar refractivity (Wildman–Crippen MR) is 110 cm³/mol. The van der Waals surface area contributed by atoms with E-state index in [0.29, 0.717) is 17.8 Å². The number of carbonyl (C=O) groups excluding carboxylic acids is 1. The predicted octanol–water partition coefficient (Wildman–Crippen LogP) is 4.27. The first-order chi connectivity index (χ1) is 13.0. The summed E-state index contributed by atoms with van der Waals surface area (Å²) in [6.45, 7) is 7.96. The first-order valence-electron chi connectivity index (χ1n) is 10.1. The topological polar surface area (TPSA) is 23.6 Å². The van der Waals surface area contributed by atoms with E-state index in [1.807, 2.05) is 12.1 Å². The van der Waals surface area contributed by atoms with Crippen LogP contribution in [0.5, 0.6) is 0 Å². The lowest BCUT2D eigenvalue weighted by molar-refractivity contribution is 0.0827. The van der Waals surface area contributed by atoms with Crippen LogP contribution in [0.4, 0.5) is 0 Å². The summed E-state index contributed by atoms with van der Waals surface area (Å²) in [4.78, 5) is 16.5. The van der Waals surface area contributed by atoms with E-state index in [0.717, 1.165) is 12.1 Å². The molecule has 3 nitrogen and oxygen atoms in total. The molecule has 2 aromatic carbocycles. The molecule has 1 aliphatic heterocycles. The number of rotatable bonds is 3. The molecule has 0 saturated carbocycles. The van der Waals surface area contributed by atoms with E-state index in [2.05, 4.69) is 49.1 Å². The molecule has 1 heterocycles. The first-order valence-corrected chi connectivity index (χ1v) is 10.1. The molecule has 1 saturated heterocycles. The third-order valence-electron chi connectivity index (χ3n) is 6.53. The molecule has 1 fully saturated rings. The molecule has 0 N–H and O–H groups in total. The van der Waals surface area contributed by atoms with Crippen LogP contribution >= 0.6 is 0 Å². The van der Waals surface area contributed by atoms with Crippen LogP contribution in [0, 0.1) is 12.8 Å². The SMILES string of the molecule is CCN1CC[C@H]2[C@H](c3ccc(C(=O)N(C)C)cc3)c3cc(C)ccc3[C@H]2C1. The van der Waals surface area contributed by atoms with Crippen LogP contribution in [0.2, 0.25) is 0 Å². The number of likely N-dealkylation sites (tertiary alicyclic amines) is 1. The molecule has 0 bridgehead atoms. The Kier molecular flexibility index (Phi) is 4.81. The minimum absolute atomic E-state index is 0.0679. The van der Waals surface area contributed by atoms with Crippen molar-refractivity contribution < 1.29 is 4.79 Å². The van der Waals surface area contributed by atoms with Gasteiger partial charge in [0.2, 0.25) is 0 Å². The zero-order chi connectivity index (χ0) is 19.1. The highest BCUT2D eigenvalue weighted by molar-refractivity contribution is 5.93. The number of aryl methyl sites for hydroxylation is 1. The van der Waals surface area contributed by atoms with E-state index in [4.69, 9.17) is 0 Å². The monoisotopic (exact) mass is 362 g/mol. The Labute approximate surface area is 163 Å². The summed E-state index contributed by atoms with van der Waals surface area (Å²) in [7, 11) is 3.61. The lowest BCUT2D eigenvalue weighted by atomic mass is 9.78. The van der Waals surface area contributed by atoms with Crippen molar-refractivity contribution in [1.82, 2.24) is 9.80 Å². The Bertz CT molecular complexity index is 840. The molecule has 142 valence electrons. The van der Waals surface area contributed by atoms with Crippen molar-refractivity contribution in [1.29, 1.82) is 0 Å². The summed E-state index contributed by atoms with van der Waals surface area (Å²) in [6, 6.07) is 15.4. The lowest BCUT2D eigenvalue weighted by Crippen LogP contribution is -2.38. The Morgan fingerprint density at radius 3 is 2.52 bits per heavy atom. The van der Waals surface area contributed by atoms with Crippen LogP contribution in [0.25, 0.3) is 0 Å². The van der Waals surface area contributed by atoms with Crippen LogP contribution < -0.4 is 0 Å². The van der Waals surface area contributed by atoms with Crippen LogP contribution in [0.1, 0.15) is 57.8 Å². The average molecular weight is 363 g/mol. The number of nitrogens with zero attached hydrogens (tertiary/aromatic N) is 2. The van der Waals surface area contributed by atoms with Crippen molar-refractivity contribution in [2.24, 2.45) is 5.92 Å². The maximum absolute atomic E-state index is 12.2. The lowest BCUT2D eigenvalue weighted by Gasteiger charge is -2.37. The molecule has 0 aromatic heterocycles. The van der Waals surface area contributed by atoms with E-state index in [9.17, 15) is 4.79 Å². The largest absolute Gasteiger partial charge is 0.345 e. The summed E-state index contributed by atoms with van der Waals surface area (Å²) < 4.78 is 0. The molecule has 2 aliphatic rings. The van der Waals surface area contributed by atoms with Crippen molar-refractivity contribution in [2.45, 2.75) is 32.1 Å². The summed E-state index contributed by atoms with van der Waals surface area (Å²) >= 11 is 0. The smallest absolute Gasteiger partial charge is 0.253 e. The fraction of sp³-hybridized carbons (Fsp3) is 0.458. The molecule has 27 heavy (non-hydrogen) atoms. The van der Waals surface area contributed by atoms with Gasteiger partial charge < -0.3 is 9.80 Å². The van der Waals surface area contributed by atoms with Crippen LogP contribution in [0.3, 0.4) is 0 Å². The highest BCUT2D eigenvalue weighted by atomic mass is 16.2. The molecule has 1 aliphatic carbocycles. The zero-order valence-corrected chi connectivity index (χ0v) is 16.9. The van der Waals surface area contributed by atoms with Crippen molar-refractivity contribution in [3.63, 3.8) is 0 Å². The number of carbonyl (C=O) groups is 1. The van der Waals surface area contributed by atoms with Gasteiger partial charge in [-0.25, -0.2) is 0 Å². The molecule has 3 heteroatoms. The van der Waals surface area contributed by atoms with E-state index < -0.39 is 0 Å². The zero-order valence-electron chi connectivity index (χ0n) is 16.9. The van der Waals surface area contributed by atoms with Gasteiger partial charge in [0.15, 0.2) is 0 Å². The summed E-state index contributed by atoms with van der Waals surface area (Å²) in [5, 5.41) is 0. The molecular weight excluding hydrogens is 332 g/mol. The second kappa shape index (κ2) is 7.12. The molecule has 2 aromatic rings. The number of amides is 1. The number of likely N-dealkylation sites (N-methyl/N-ethyl adjacent to an activating group) is 1. The average Bonchev–Trinajstić information content (AvgIpc) is 2.99. The number of hydrogen-bond donors (Lipinski definition) is 0. The molecule has 4 rings (SSSR count). The standard InChI is InChI=1S/C24H30N2O/c1-5-26-13-12-20-22(15-26)19-11-6-16(2)14-21(19)23(20)17-7-9-18(10-8-17)24(27)25(3)4/h6-11,14,20,22-23H,5,12-13,15H2,1-4H3/t20-,22-,23+/m1/s1. The fourth-order valence-corrected chi connectivity index (χ4v) is 5.10. The second-order valence-electron chi connectivity index (χ2n) is 8.38. The van der Waals surface area contributed by atoms with Crippen molar-refractivity contribution in [3.8, 4) is 0 Å². The molecule has 0 unspecified atom stereocenters. The molecule has 3 atom stereocenters. The van der Waals surface area contributed by atoms with E-state index >= 15 is 0 Å². The van der Waals surface area contributed by atoms with Gasteiger partial charge in [-0.1, -0.05) is 42.8 Å². The van der Waals surface area contributed by atoms with Crippen molar-refractivity contribution in [2.75, 3.05) is 33.7 Å². The Hall–Kier alpha value is -2.13. The fourth-order valence-electron chi connectivity index (χ4n) is 5.10. The Morgan fingerprint density at radius 2 is 1.85 bits per heavy atom. The Balaban J connectivity index is 1.72. The molecule has 1 amide bonds. The second-order valence-corrected chi connectivity index (χ2v) is 8.38. The third-order valence-corrected chi connectivity index (χ3v) is 6.53. The van der Waals surface area contributed by atoms with Crippen molar-refractivity contribution in [3.05, 3.63) is 70.3 Å². The van der Waals surface area contributed by atoms with Gasteiger partial charge in [0.25, 0.3) is 5.91 Å². The number of fused-ring (bicyclic) bond motifs is 3. The minimum Gasteiger partial charge on any atom is -0.345 e. The molecule has 0 radical (unpaired) electrons. The van der Waals surface area contributed by atoms with Gasteiger partial charge in [-0.05, 0) is 61.2 Å².